The van der Waals surface area contributed by atoms with E-state index >= 15 is 0 Å². The Kier molecular flexibility index (Phi) is 4.06. The summed E-state index contributed by atoms with van der Waals surface area (Å²) in [5.74, 6) is -0.308. The monoisotopic (exact) mass is 305 g/mol. The van der Waals surface area contributed by atoms with Gasteiger partial charge in [0.15, 0.2) is 0 Å². The smallest absolute Gasteiger partial charge is 0.257 e. The first-order valence-electron chi connectivity index (χ1n) is 6.14. The molecule has 21 heavy (non-hydrogen) atoms. The van der Waals surface area contributed by atoms with Gasteiger partial charge in [-0.3, -0.25) is 9.78 Å². The molecular formula is C14H15N3O3S. The molecule has 0 aliphatic carbocycles. The van der Waals surface area contributed by atoms with Gasteiger partial charge in [0.05, 0.1) is 10.5 Å². The lowest BCUT2D eigenvalue weighted by atomic mass is 10.1. The normalized spacial score (nSPS) is 11.2. The molecule has 0 unspecified atom stereocenters. The fraction of sp³-hybridized carbons (Fsp3) is 0.143. The predicted molar refractivity (Wildman–Crippen MR) is 79.5 cm³/mol. The minimum Gasteiger partial charge on any atom is -0.321 e. The number of sulfonamides is 1. The number of carbonyl (C=O) groups excluding carboxylic acids is 1. The lowest BCUT2D eigenvalue weighted by molar-refractivity contribution is 0.102. The first-order chi connectivity index (χ1) is 9.79. The number of carbonyl (C=O) groups is 1. The zero-order chi connectivity index (χ0) is 15.6. The Bertz CT molecular complexity index is 763. The summed E-state index contributed by atoms with van der Waals surface area (Å²) in [6.45, 7) is 3.42. The van der Waals surface area contributed by atoms with Gasteiger partial charge in [0.25, 0.3) is 5.91 Å². The standard InChI is InChI=1S/C14H15N3O3S/c1-9-6-12(21(15,19)20)7-10(2)13(9)17-14(18)11-4-3-5-16-8-11/h3-8H,1-2H3,(H,17,18)(H2,15,19,20). The van der Waals surface area contributed by atoms with Crippen LogP contribution in [0.25, 0.3) is 0 Å². The molecule has 2 aromatic rings. The number of nitrogens with two attached hydrogens (primary N) is 1. The molecule has 0 saturated heterocycles. The summed E-state index contributed by atoms with van der Waals surface area (Å²) in [5, 5.41) is 7.87. The van der Waals surface area contributed by atoms with Gasteiger partial charge in [-0.05, 0) is 49.2 Å². The molecule has 0 aliphatic rings. The van der Waals surface area contributed by atoms with Crippen LogP contribution in [-0.2, 0) is 10.0 Å². The Balaban J connectivity index is 2.36. The summed E-state index contributed by atoms with van der Waals surface area (Å²) in [6.07, 6.45) is 3.03. The van der Waals surface area contributed by atoms with Crippen LogP contribution in [0.4, 0.5) is 5.69 Å². The first kappa shape index (κ1) is 15.1. The van der Waals surface area contributed by atoms with Crippen LogP contribution in [0, 0.1) is 13.8 Å². The van der Waals surface area contributed by atoms with Crippen molar-refractivity contribution in [3.8, 4) is 0 Å². The van der Waals surface area contributed by atoms with Crippen molar-refractivity contribution in [2.45, 2.75) is 18.7 Å². The number of nitrogens with one attached hydrogen (secondary N) is 1. The van der Waals surface area contributed by atoms with E-state index < -0.39 is 10.0 Å². The van der Waals surface area contributed by atoms with Crippen molar-refractivity contribution in [2.24, 2.45) is 5.14 Å². The summed E-state index contributed by atoms with van der Waals surface area (Å²) in [6, 6.07) is 6.17. The molecule has 0 fully saturated rings. The molecule has 6 nitrogen and oxygen atoms in total. The third-order valence-corrected chi connectivity index (χ3v) is 3.89. The van der Waals surface area contributed by atoms with Crippen LogP contribution in [0.1, 0.15) is 21.5 Å². The molecular weight excluding hydrogens is 290 g/mol. The number of primary sulfonamides is 1. The van der Waals surface area contributed by atoms with Gasteiger partial charge in [-0.15, -0.1) is 0 Å². The van der Waals surface area contributed by atoms with Gasteiger partial charge in [-0.25, -0.2) is 13.6 Å². The summed E-state index contributed by atoms with van der Waals surface area (Å²) in [7, 11) is -3.77. The van der Waals surface area contributed by atoms with E-state index in [2.05, 4.69) is 10.3 Å². The van der Waals surface area contributed by atoms with Gasteiger partial charge in [0.1, 0.15) is 0 Å². The molecule has 110 valence electrons. The van der Waals surface area contributed by atoms with E-state index in [1.54, 1.807) is 32.2 Å². The highest BCUT2D eigenvalue weighted by Crippen LogP contribution is 2.24. The molecule has 0 bridgehead atoms. The number of hydrogen-bond donors (Lipinski definition) is 2. The average Bonchev–Trinajstić information content (AvgIpc) is 2.42. The van der Waals surface area contributed by atoms with Gasteiger partial charge in [0, 0.05) is 18.1 Å². The van der Waals surface area contributed by atoms with Gasteiger partial charge < -0.3 is 5.32 Å². The van der Waals surface area contributed by atoms with Crippen LogP contribution in [0.5, 0.6) is 0 Å². The highest BCUT2D eigenvalue weighted by atomic mass is 32.2. The number of aromatic nitrogens is 1. The first-order valence-corrected chi connectivity index (χ1v) is 7.69. The summed E-state index contributed by atoms with van der Waals surface area (Å²) in [4.78, 5) is 16.0. The fourth-order valence-corrected chi connectivity index (χ4v) is 2.65. The number of rotatable bonds is 3. The quantitative estimate of drug-likeness (QED) is 0.899. The van der Waals surface area contributed by atoms with Gasteiger partial charge in [-0.1, -0.05) is 0 Å². The number of pyridine rings is 1. The van der Waals surface area contributed by atoms with Crippen molar-refractivity contribution in [1.29, 1.82) is 0 Å². The maximum Gasteiger partial charge on any atom is 0.257 e. The fourth-order valence-electron chi connectivity index (χ4n) is 1.97. The molecule has 0 radical (unpaired) electrons. The Morgan fingerprint density at radius 3 is 2.33 bits per heavy atom. The molecule has 0 aliphatic heterocycles. The van der Waals surface area contributed by atoms with E-state index in [1.807, 2.05) is 0 Å². The van der Waals surface area contributed by atoms with Crippen LogP contribution < -0.4 is 10.5 Å². The molecule has 3 N–H and O–H groups in total. The minimum absolute atomic E-state index is 0.0249. The number of anilines is 1. The second kappa shape index (κ2) is 5.63. The number of nitrogens with zero attached hydrogens (tertiary/aromatic N) is 1. The molecule has 0 atom stereocenters. The lowest BCUT2D eigenvalue weighted by Crippen LogP contribution is -2.16. The maximum atomic E-state index is 12.1. The van der Waals surface area contributed by atoms with E-state index in [0.29, 0.717) is 22.4 Å². The highest BCUT2D eigenvalue weighted by Gasteiger charge is 2.15. The SMILES string of the molecule is Cc1cc(S(N)(=O)=O)cc(C)c1NC(=O)c1cccnc1. The average molecular weight is 305 g/mol. The zero-order valence-corrected chi connectivity index (χ0v) is 12.4. The van der Waals surface area contributed by atoms with E-state index in [1.165, 1.54) is 18.3 Å². The molecule has 0 spiro atoms. The Morgan fingerprint density at radius 1 is 1.24 bits per heavy atom. The van der Waals surface area contributed by atoms with Crippen LogP contribution in [0.2, 0.25) is 0 Å². The molecule has 1 heterocycles. The largest absolute Gasteiger partial charge is 0.321 e. The van der Waals surface area contributed by atoms with E-state index in [-0.39, 0.29) is 10.8 Å². The van der Waals surface area contributed by atoms with Crippen molar-refractivity contribution >= 4 is 21.6 Å². The number of benzene rings is 1. The molecule has 7 heteroatoms. The van der Waals surface area contributed by atoms with Crippen LogP contribution >= 0.6 is 0 Å². The maximum absolute atomic E-state index is 12.1. The van der Waals surface area contributed by atoms with Crippen molar-refractivity contribution in [3.05, 3.63) is 53.3 Å². The third-order valence-electron chi connectivity index (χ3n) is 3.00. The summed E-state index contributed by atoms with van der Waals surface area (Å²) >= 11 is 0. The van der Waals surface area contributed by atoms with Gasteiger partial charge in [-0.2, -0.15) is 0 Å². The molecule has 1 aromatic heterocycles. The predicted octanol–water partition coefficient (Wildman–Crippen LogP) is 1.60. The topological polar surface area (TPSA) is 102 Å². The molecule has 2 rings (SSSR count). The Morgan fingerprint density at radius 2 is 1.86 bits per heavy atom. The number of aryl methyl sites for hydroxylation is 2. The minimum atomic E-state index is -3.77. The molecule has 1 amide bonds. The summed E-state index contributed by atoms with van der Waals surface area (Å²) in [5.41, 5.74) is 2.23. The van der Waals surface area contributed by atoms with Gasteiger partial charge >= 0.3 is 0 Å². The number of amides is 1. The third kappa shape index (κ3) is 3.45. The number of hydrogen-bond acceptors (Lipinski definition) is 4. The second-order valence-corrected chi connectivity index (χ2v) is 6.23. The van der Waals surface area contributed by atoms with Crippen LogP contribution in [0.3, 0.4) is 0 Å². The van der Waals surface area contributed by atoms with Crippen molar-refractivity contribution in [1.82, 2.24) is 4.98 Å². The molecule has 1 aromatic carbocycles. The van der Waals surface area contributed by atoms with Crippen molar-refractivity contribution < 1.29 is 13.2 Å². The van der Waals surface area contributed by atoms with Crippen LogP contribution in [0.15, 0.2) is 41.6 Å². The lowest BCUT2D eigenvalue weighted by Gasteiger charge is -2.13. The van der Waals surface area contributed by atoms with Crippen LogP contribution in [-0.4, -0.2) is 19.3 Å². The van der Waals surface area contributed by atoms with E-state index in [4.69, 9.17) is 5.14 Å². The summed E-state index contributed by atoms with van der Waals surface area (Å²) < 4.78 is 22.7. The Labute approximate surface area is 123 Å². The van der Waals surface area contributed by atoms with E-state index in [9.17, 15) is 13.2 Å². The molecule has 0 saturated carbocycles. The van der Waals surface area contributed by atoms with E-state index in [0.717, 1.165) is 0 Å². The van der Waals surface area contributed by atoms with Crippen molar-refractivity contribution in [3.63, 3.8) is 0 Å². The van der Waals surface area contributed by atoms with Crippen molar-refractivity contribution in [2.75, 3.05) is 5.32 Å². The zero-order valence-electron chi connectivity index (χ0n) is 11.6. The van der Waals surface area contributed by atoms with Gasteiger partial charge in [0.2, 0.25) is 10.0 Å². The second-order valence-electron chi connectivity index (χ2n) is 4.67. The Hall–Kier alpha value is -2.25. The highest BCUT2D eigenvalue weighted by molar-refractivity contribution is 7.89.